The molecule has 1 aromatic rings. The summed E-state index contributed by atoms with van der Waals surface area (Å²) in [6, 6.07) is 4.75. The van der Waals surface area contributed by atoms with Crippen molar-refractivity contribution in [3.8, 4) is 0 Å². The van der Waals surface area contributed by atoms with Gasteiger partial charge in [-0.3, -0.25) is 4.79 Å². The molecule has 0 spiro atoms. The number of hydrogen-bond donors (Lipinski definition) is 4. The second-order valence-electron chi connectivity index (χ2n) is 4.19. The molecule has 104 valence electrons. The number of nitrogens with zero attached hydrogens (tertiary/aromatic N) is 1. The van der Waals surface area contributed by atoms with Gasteiger partial charge in [-0.15, -0.1) is 0 Å². The number of amides is 3. The van der Waals surface area contributed by atoms with E-state index in [-0.39, 0.29) is 6.03 Å². The standard InChI is InChI=1S/C12H19N5O2/c1-17(2)12(19)16-7-6-15-10-8(11(14)18)4-3-5-9(10)13/h3-5,15H,6-7,13H2,1-2H3,(H2,14,18)(H,16,19). The summed E-state index contributed by atoms with van der Waals surface area (Å²) in [7, 11) is 3.31. The number of benzene rings is 1. The first-order valence-corrected chi connectivity index (χ1v) is 5.80. The van der Waals surface area contributed by atoms with Crippen LogP contribution in [0.5, 0.6) is 0 Å². The normalized spacial score (nSPS) is 9.79. The predicted molar refractivity (Wildman–Crippen MR) is 74.9 cm³/mol. The van der Waals surface area contributed by atoms with Gasteiger partial charge in [0, 0.05) is 27.2 Å². The summed E-state index contributed by atoms with van der Waals surface area (Å²) in [6.45, 7) is 0.845. The fraction of sp³-hybridized carbons (Fsp3) is 0.333. The molecule has 0 heterocycles. The Morgan fingerprint density at radius 3 is 2.53 bits per heavy atom. The number of nitrogens with two attached hydrogens (primary N) is 2. The highest BCUT2D eigenvalue weighted by Crippen LogP contribution is 2.22. The van der Waals surface area contributed by atoms with Crippen LogP contribution in [0.15, 0.2) is 18.2 Å². The first-order chi connectivity index (χ1) is 8.93. The highest BCUT2D eigenvalue weighted by Gasteiger charge is 2.10. The van der Waals surface area contributed by atoms with Gasteiger partial charge in [0.25, 0.3) is 5.91 Å². The number of primary amides is 1. The average molecular weight is 265 g/mol. The third kappa shape index (κ3) is 4.06. The largest absolute Gasteiger partial charge is 0.397 e. The Kier molecular flexibility index (Phi) is 4.99. The Balaban J connectivity index is 2.58. The molecule has 0 saturated carbocycles. The van der Waals surface area contributed by atoms with Crippen LogP contribution in [0.2, 0.25) is 0 Å². The zero-order valence-corrected chi connectivity index (χ0v) is 11.1. The molecule has 0 fully saturated rings. The number of carbonyl (C=O) groups excluding carboxylic acids is 2. The summed E-state index contributed by atoms with van der Waals surface area (Å²) in [6.07, 6.45) is 0. The lowest BCUT2D eigenvalue weighted by molar-refractivity contribution is 0.100. The molecule has 0 unspecified atom stereocenters. The van der Waals surface area contributed by atoms with Crippen molar-refractivity contribution in [2.24, 2.45) is 5.73 Å². The summed E-state index contributed by atoms with van der Waals surface area (Å²) in [5.41, 5.74) is 12.3. The van der Waals surface area contributed by atoms with Crippen molar-refractivity contribution in [2.75, 3.05) is 38.2 Å². The Labute approximate surface area is 111 Å². The maximum absolute atomic E-state index is 11.3. The lowest BCUT2D eigenvalue weighted by Gasteiger charge is -2.15. The van der Waals surface area contributed by atoms with Crippen LogP contribution in [0.1, 0.15) is 10.4 Å². The predicted octanol–water partition coefficient (Wildman–Crippen LogP) is 0.0508. The van der Waals surface area contributed by atoms with E-state index in [4.69, 9.17) is 11.5 Å². The van der Waals surface area contributed by atoms with Crippen molar-refractivity contribution in [3.63, 3.8) is 0 Å². The number of anilines is 2. The van der Waals surface area contributed by atoms with Crippen molar-refractivity contribution >= 4 is 23.3 Å². The Bertz CT molecular complexity index is 473. The number of rotatable bonds is 5. The molecule has 0 saturated heterocycles. The maximum atomic E-state index is 11.3. The van der Waals surface area contributed by atoms with E-state index in [0.29, 0.717) is 30.0 Å². The first-order valence-electron chi connectivity index (χ1n) is 5.80. The van der Waals surface area contributed by atoms with Gasteiger partial charge in [-0.1, -0.05) is 6.07 Å². The summed E-state index contributed by atoms with van der Waals surface area (Å²) < 4.78 is 0. The molecule has 19 heavy (non-hydrogen) atoms. The zero-order valence-electron chi connectivity index (χ0n) is 11.1. The Morgan fingerprint density at radius 2 is 1.95 bits per heavy atom. The van der Waals surface area contributed by atoms with Crippen LogP contribution < -0.4 is 22.1 Å². The van der Waals surface area contributed by atoms with Crippen LogP contribution in [0.3, 0.4) is 0 Å². The molecule has 3 amide bonds. The lowest BCUT2D eigenvalue weighted by atomic mass is 10.1. The van der Waals surface area contributed by atoms with Crippen molar-refractivity contribution < 1.29 is 9.59 Å². The SMILES string of the molecule is CN(C)C(=O)NCCNc1c(N)cccc1C(N)=O. The molecule has 7 nitrogen and oxygen atoms in total. The van der Waals surface area contributed by atoms with E-state index in [2.05, 4.69) is 10.6 Å². The lowest BCUT2D eigenvalue weighted by Crippen LogP contribution is -2.37. The summed E-state index contributed by atoms with van der Waals surface area (Å²) in [4.78, 5) is 24.0. The van der Waals surface area contributed by atoms with E-state index >= 15 is 0 Å². The summed E-state index contributed by atoms with van der Waals surface area (Å²) in [5, 5.41) is 5.69. The molecule has 0 aliphatic heterocycles. The van der Waals surface area contributed by atoms with E-state index in [0.717, 1.165) is 0 Å². The minimum atomic E-state index is -0.549. The number of nitrogen functional groups attached to an aromatic ring is 1. The second-order valence-corrected chi connectivity index (χ2v) is 4.19. The molecular formula is C12H19N5O2. The van der Waals surface area contributed by atoms with Crippen LogP contribution in [0.4, 0.5) is 16.2 Å². The fourth-order valence-corrected chi connectivity index (χ4v) is 1.49. The summed E-state index contributed by atoms with van der Waals surface area (Å²) >= 11 is 0. The van der Waals surface area contributed by atoms with Crippen LogP contribution in [-0.2, 0) is 0 Å². The van der Waals surface area contributed by atoms with Crippen LogP contribution in [0, 0.1) is 0 Å². The highest BCUT2D eigenvalue weighted by atomic mass is 16.2. The van der Waals surface area contributed by atoms with E-state index in [9.17, 15) is 9.59 Å². The van der Waals surface area contributed by atoms with Crippen LogP contribution in [-0.4, -0.2) is 44.0 Å². The molecule has 1 rings (SSSR count). The number of hydrogen-bond acceptors (Lipinski definition) is 4. The molecule has 0 bridgehead atoms. The molecule has 0 aliphatic rings. The van der Waals surface area contributed by atoms with Gasteiger partial charge in [-0.05, 0) is 12.1 Å². The van der Waals surface area contributed by atoms with Crippen molar-refractivity contribution in [2.45, 2.75) is 0 Å². The molecule has 0 atom stereocenters. The van der Waals surface area contributed by atoms with Crippen molar-refractivity contribution in [1.29, 1.82) is 0 Å². The molecule has 6 N–H and O–H groups in total. The average Bonchev–Trinajstić information content (AvgIpc) is 2.35. The smallest absolute Gasteiger partial charge is 0.316 e. The van der Waals surface area contributed by atoms with Gasteiger partial charge in [0.05, 0.1) is 16.9 Å². The third-order valence-corrected chi connectivity index (χ3v) is 2.47. The van der Waals surface area contributed by atoms with Gasteiger partial charge in [0.1, 0.15) is 0 Å². The molecule has 1 aromatic carbocycles. The summed E-state index contributed by atoms with van der Waals surface area (Å²) in [5.74, 6) is -0.549. The third-order valence-electron chi connectivity index (χ3n) is 2.47. The molecule has 7 heteroatoms. The van der Waals surface area contributed by atoms with E-state index < -0.39 is 5.91 Å². The number of carbonyl (C=O) groups is 2. The minimum Gasteiger partial charge on any atom is -0.397 e. The van der Waals surface area contributed by atoms with Crippen molar-refractivity contribution in [3.05, 3.63) is 23.8 Å². The molecule has 0 aromatic heterocycles. The molecule has 0 radical (unpaired) electrons. The Hall–Kier alpha value is -2.44. The van der Waals surface area contributed by atoms with Crippen LogP contribution >= 0.6 is 0 Å². The topological polar surface area (TPSA) is 113 Å². The van der Waals surface area contributed by atoms with Gasteiger partial charge < -0.3 is 27.0 Å². The first kappa shape index (κ1) is 14.6. The highest BCUT2D eigenvalue weighted by molar-refractivity contribution is 6.01. The quantitative estimate of drug-likeness (QED) is 0.445. The molecule has 0 aliphatic carbocycles. The van der Waals surface area contributed by atoms with Gasteiger partial charge in [-0.2, -0.15) is 0 Å². The van der Waals surface area contributed by atoms with Gasteiger partial charge in [0.15, 0.2) is 0 Å². The number of para-hydroxylation sites is 1. The Morgan fingerprint density at radius 1 is 1.26 bits per heavy atom. The zero-order chi connectivity index (χ0) is 14.4. The molecular weight excluding hydrogens is 246 g/mol. The van der Waals surface area contributed by atoms with Crippen LogP contribution in [0.25, 0.3) is 0 Å². The monoisotopic (exact) mass is 265 g/mol. The van der Waals surface area contributed by atoms with Gasteiger partial charge in [0.2, 0.25) is 0 Å². The second kappa shape index (κ2) is 6.48. The number of nitrogens with one attached hydrogen (secondary N) is 2. The maximum Gasteiger partial charge on any atom is 0.316 e. The van der Waals surface area contributed by atoms with E-state index in [1.807, 2.05) is 0 Å². The van der Waals surface area contributed by atoms with E-state index in [1.165, 1.54) is 4.90 Å². The minimum absolute atomic E-state index is 0.182. The van der Waals surface area contributed by atoms with E-state index in [1.54, 1.807) is 32.3 Å². The van der Waals surface area contributed by atoms with Crippen molar-refractivity contribution in [1.82, 2.24) is 10.2 Å². The van der Waals surface area contributed by atoms with Gasteiger partial charge in [-0.25, -0.2) is 4.79 Å². The fourth-order valence-electron chi connectivity index (χ4n) is 1.49. The number of urea groups is 1. The van der Waals surface area contributed by atoms with Gasteiger partial charge >= 0.3 is 6.03 Å².